The zero-order valence-electron chi connectivity index (χ0n) is 12.0. The summed E-state index contributed by atoms with van der Waals surface area (Å²) in [6, 6.07) is 3.74. The Morgan fingerprint density at radius 1 is 1.38 bits per heavy atom. The van der Waals surface area contributed by atoms with Gasteiger partial charge in [0.2, 0.25) is 0 Å². The first-order valence-electron chi connectivity index (χ1n) is 6.79. The van der Waals surface area contributed by atoms with E-state index in [1.165, 1.54) is 0 Å². The molecule has 3 nitrogen and oxygen atoms in total. The molecule has 21 heavy (non-hydrogen) atoms. The summed E-state index contributed by atoms with van der Waals surface area (Å²) in [5.74, 6) is -0.612. The minimum absolute atomic E-state index is 0.168. The quantitative estimate of drug-likeness (QED) is 0.696. The third kappa shape index (κ3) is 2.21. The summed E-state index contributed by atoms with van der Waals surface area (Å²) in [7, 11) is 0. The van der Waals surface area contributed by atoms with Gasteiger partial charge in [0.15, 0.2) is 0 Å². The van der Waals surface area contributed by atoms with Gasteiger partial charge in [-0.25, -0.2) is 4.79 Å². The maximum Gasteiger partial charge on any atom is 0.336 e. The van der Waals surface area contributed by atoms with Crippen LogP contribution < -0.4 is 0 Å². The van der Waals surface area contributed by atoms with Gasteiger partial charge in [-0.05, 0) is 51.4 Å². The van der Waals surface area contributed by atoms with Gasteiger partial charge in [-0.1, -0.05) is 36.7 Å². The molecule has 0 aliphatic heterocycles. The maximum atomic E-state index is 11.9. The number of benzene rings is 1. The van der Waals surface area contributed by atoms with Crippen molar-refractivity contribution in [2.24, 2.45) is 0 Å². The molecule has 1 N–H and O–H groups in total. The number of carboxylic acids is 1. The second-order valence-corrected chi connectivity index (χ2v) is 8.10. The molecule has 0 saturated heterocycles. The van der Waals surface area contributed by atoms with E-state index in [4.69, 9.17) is 4.98 Å². The first-order chi connectivity index (χ1) is 9.72. The van der Waals surface area contributed by atoms with Crippen molar-refractivity contribution in [3.05, 3.63) is 37.9 Å². The molecule has 1 aliphatic carbocycles. The van der Waals surface area contributed by atoms with Gasteiger partial charge in [-0.15, -0.1) is 0 Å². The highest BCUT2D eigenvalue weighted by Crippen LogP contribution is 2.48. The van der Waals surface area contributed by atoms with Crippen LogP contribution in [0.5, 0.6) is 0 Å². The van der Waals surface area contributed by atoms with E-state index in [-0.39, 0.29) is 11.3 Å². The van der Waals surface area contributed by atoms with E-state index in [1.54, 1.807) is 0 Å². The van der Waals surface area contributed by atoms with Crippen LogP contribution in [0, 0.1) is 0 Å². The summed E-state index contributed by atoms with van der Waals surface area (Å²) in [6.45, 7) is 6.31. The molecule has 0 radical (unpaired) electrons. The molecule has 110 valence electrons. The fourth-order valence-electron chi connectivity index (χ4n) is 3.54. The van der Waals surface area contributed by atoms with Gasteiger partial charge in [0.25, 0.3) is 0 Å². The third-order valence-electron chi connectivity index (χ3n) is 4.21. The number of fused-ring (bicyclic) bond motifs is 2. The van der Waals surface area contributed by atoms with Crippen LogP contribution in [0.2, 0.25) is 0 Å². The molecule has 0 saturated carbocycles. The Hall–Kier alpha value is -0.940. The van der Waals surface area contributed by atoms with Gasteiger partial charge in [0.1, 0.15) is 0 Å². The van der Waals surface area contributed by atoms with Gasteiger partial charge >= 0.3 is 5.97 Å². The van der Waals surface area contributed by atoms with Crippen molar-refractivity contribution in [1.29, 1.82) is 0 Å². The molecule has 0 bridgehead atoms. The van der Waals surface area contributed by atoms with Crippen LogP contribution in [-0.2, 0) is 5.41 Å². The Bertz CT molecular complexity index is 784. The summed E-state index contributed by atoms with van der Waals surface area (Å²) in [4.78, 5) is 16.7. The highest BCUT2D eigenvalue weighted by molar-refractivity contribution is 9.11. The predicted molar refractivity (Wildman–Crippen MR) is 90.2 cm³/mol. The largest absolute Gasteiger partial charge is 0.478 e. The Balaban J connectivity index is 2.54. The van der Waals surface area contributed by atoms with Crippen molar-refractivity contribution < 1.29 is 9.90 Å². The Morgan fingerprint density at radius 3 is 2.67 bits per heavy atom. The van der Waals surface area contributed by atoms with Crippen LogP contribution in [0.25, 0.3) is 10.9 Å². The van der Waals surface area contributed by atoms with Crippen molar-refractivity contribution in [1.82, 2.24) is 4.98 Å². The van der Waals surface area contributed by atoms with E-state index in [0.29, 0.717) is 10.9 Å². The number of rotatable bonds is 1. The Labute approximate surface area is 140 Å². The SMILES string of the molecule is CC1CC(C)(C)c2c1nc1c(Br)cc(Br)cc1c2C(=O)O. The topological polar surface area (TPSA) is 50.2 Å². The fourth-order valence-corrected chi connectivity index (χ4v) is 4.85. The lowest BCUT2D eigenvalue weighted by Gasteiger charge is -2.22. The van der Waals surface area contributed by atoms with E-state index < -0.39 is 5.97 Å². The Kier molecular flexibility index (Phi) is 3.41. The molecule has 0 fully saturated rings. The molecule has 0 amide bonds. The average molecular weight is 413 g/mol. The van der Waals surface area contributed by atoms with E-state index >= 15 is 0 Å². The van der Waals surface area contributed by atoms with Gasteiger partial charge in [0, 0.05) is 20.0 Å². The number of carboxylic acid groups (broad SMARTS) is 1. The molecule has 1 aromatic heterocycles. The molecule has 1 aromatic carbocycles. The number of hydrogen-bond acceptors (Lipinski definition) is 2. The summed E-state index contributed by atoms with van der Waals surface area (Å²) in [5.41, 5.74) is 2.76. The van der Waals surface area contributed by atoms with Crippen LogP contribution in [0.4, 0.5) is 0 Å². The normalized spacial score (nSPS) is 19.8. The summed E-state index contributed by atoms with van der Waals surface area (Å²) >= 11 is 6.94. The van der Waals surface area contributed by atoms with Crippen LogP contribution in [0.1, 0.15) is 54.7 Å². The van der Waals surface area contributed by atoms with Gasteiger partial charge in [-0.2, -0.15) is 0 Å². The third-order valence-corrected chi connectivity index (χ3v) is 5.27. The fraction of sp³-hybridized carbons (Fsp3) is 0.375. The zero-order chi connectivity index (χ0) is 15.5. The minimum atomic E-state index is -0.883. The number of aromatic carboxylic acids is 1. The van der Waals surface area contributed by atoms with Crippen LogP contribution in [0.3, 0.4) is 0 Å². The van der Waals surface area contributed by atoms with Crippen LogP contribution in [-0.4, -0.2) is 16.1 Å². The molecule has 1 unspecified atom stereocenters. The number of pyridine rings is 1. The molecular formula is C16H15Br2NO2. The minimum Gasteiger partial charge on any atom is -0.478 e. The molecule has 1 aliphatic rings. The average Bonchev–Trinajstić information content (AvgIpc) is 2.57. The number of hydrogen-bond donors (Lipinski definition) is 1. The lowest BCUT2D eigenvalue weighted by atomic mass is 9.83. The van der Waals surface area contributed by atoms with Crippen molar-refractivity contribution >= 4 is 48.7 Å². The van der Waals surface area contributed by atoms with Crippen molar-refractivity contribution in [2.45, 2.75) is 38.5 Å². The smallest absolute Gasteiger partial charge is 0.336 e. The monoisotopic (exact) mass is 411 g/mol. The molecule has 3 rings (SSSR count). The second-order valence-electron chi connectivity index (χ2n) is 6.33. The van der Waals surface area contributed by atoms with Gasteiger partial charge in [0.05, 0.1) is 11.1 Å². The van der Waals surface area contributed by atoms with Crippen LogP contribution in [0.15, 0.2) is 21.1 Å². The van der Waals surface area contributed by atoms with Crippen molar-refractivity contribution in [3.63, 3.8) is 0 Å². The number of carbonyl (C=O) groups is 1. The molecule has 1 heterocycles. The second kappa shape index (κ2) is 4.78. The van der Waals surface area contributed by atoms with E-state index in [9.17, 15) is 9.90 Å². The van der Waals surface area contributed by atoms with Crippen molar-refractivity contribution in [2.75, 3.05) is 0 Å². The first kappa shape index (κ1) is 15.0. The van der Waals surface area contributed by atoms with Gasteiger partial charge < -0.3 is 5.11 Å². The van der Waals surface area contributed by atoms with E-state index in [2.05, 4.69) is 52.6 Å². The standard InChI is InChI=1S/C16H15Br2NO2/c1-7-6-16(2,3)12-11(15(20)21)9-4-8(17)5-10(18)14(9)19-13(7)12/h4-5,7H,6H2,1-3H3,(H,20,21). The zero-order valence-corrected chi connectivity index (χ0v) is 15.2. The number of aromatic nitrogens is 1. The van der Waals surface area contributed by atoms with Crippen LogP contribution >= 0.6 is 31.9 Å². The number of nitrogens with zero attached hydrogens (tertiary/aromatic N) is 1. The molecule has 0 spiro atoms. The Morgan fingerprint density at radius 2 is 2.05 bits per heavy atom. The van der Waals surface area contributed by atoms with E-state index in [1.807, 2.05) is 12.1 Å². The highest BCUT2D eigenvalue weighted by Gasteiger charge is 2.40. The molecule has 5 heteroatoms. The lowest BCUT2D eigenvalue weighted by Crippen LogP contribution is -2.18. The first-order valence-corrected chi connectivity index (χ1v) is 8.37. The van der Waals surface area contributed by atoms with E-state index in [0.717, 1.165) is 32.1 Å². The predicted octanol–water partition coefficient (Wildman–Crippen LogP) is 5.24. The molecule has 1 atom stereocenters. The van der Waals surface area contributed by atoms with Gasteiger partial charge in [-0.3, -0.25) is 4.98 Å². The summed E-state index contributed by atoms with van der Waals surface area (Å²) in [5, 5.41) is 10.5. The summed E-state index contributed by atoms with van der Waals surface area (Å²) < 4.78 is 1.66. The number of halogens is 2. The van der Waals surface area contributed by atoms with Crippen molar-refractivity contribution in [3.8, 4) is 0 Å². The maximum absolute atomic E-state index is 11.9. The molecular weight excluding hydrogens is 398 g/mol. The molecule has 2 aromatic rings. The lowest BCUT2D eigenvalue weighted by molar-refractivity contribution is 0.0696. The highest BCUT2D eigenvalue weighted by atomic mass is 79.9. The summed E-state index contributed by atoms with van der Waals surface area (Å²) in [6.07, 6.45) is 0.921.